The third-order valence-corrected chi connectivity index (χ3v) is 5.52. The van der Waals surface area contributed by atoms with Crippen molar-refractivity contribution >= 4 is 0 Å². The van der Waals surface area contributed by atoms with Crippen molar-refractivity contribution in [3.63, 3.8) is 0 Å². The van der Waals surface area contributed by atoms with Gasteiger partial charge in [-0.2, -0.15) is 0 Å². The molecule has 0 spiro atoms. The van der Waals surface area contributed by atoms with Gasteiger partial charge in [0, 0.05) is 24.4 Å². The van der Waals surface area contributed by atoms with Crippen molar-refractivity contribution in [2.45, 2.75) is 57.4 Å². The molecule has 2 saturated carbocycles. The summed E-state index contributed by atoms with van der Waals surface area (Å²) in [6, 6.07) is 6.53. The van der Waals surface area contributed by atoms with Crippen molar-refractivity contribution in [3.05, 3.63) is 30.1 Å². The Morgan fingerprint density at radius 1 is 1.15 bits per heavy atom. The topological polar surface area (TPSA) is 50.9 Å². The van der Waals surface area contributed by atoms with Crippen molar-refractivity contribution < 1.29 is 0 Å². The van der Waals surface area contributed by atoms with E-state index in [0.29, 0.717) is 6.04 Å². The zero-order chi connectivity index (χ0) is 13.8. The molecule has 4 unspecified atom stereocenters. The highest BCUT2D eigenvalue weighted by Crippen LogP contribution is 2.43. The van der Waals surface area contributed by atoms with Crippen molar-refractivity contribution in [2.75, 3.05) is 0 Å². The van der Waals surface area contributed by atoms with Crippen LogP contribution in [-0.2, 0) is 6.42 Å². The second-order valence-corrected chi connectivity index (χ2v) is 6.68. The van der Waals surface area contributed by atoms with Gasteiger partial charge >= 0.3 is 0 Å². The standard InChI is InChI=1S/C17H27N3/c18-20-17(12-16-7-3-4-10-19-16)15-9-8-13-5-1-2-6-14(13)11-15/h3-4,7,10,13-15,17,20H,1-2,5-6,8-9,11-12,18H2. The normalized spacial score (nSPS) is 31.6. The van der Waals surface area contributed by atoms with Gasteiger partial charge in [-0.25, -0.2) is 0 Å². The highest BCUT2D eigenvalue weighted by molar-refractivity contribution is 5.06. The quantitative estimate of drug-likeness (QED) is 0.655. The van der Waals surface area contributed by atoms with Gasteiger partial charge in [0.15, 0.2) is 0 Å². The van der Waals surface area contributed by atoms with E-state index in [1.54, 1.807) is 0 Å². The first-order chi connectivity index (χ1) is 9.86. The molecular weight excluding hydrogens is 246 g/mol. The molecular formula is C17H27N3. The number of hydrogen-bond donors (Lipinski definition) is 2. The Balaban J connectivity index is 1.61. The van der Waals surface area contributed by atoms with Crippen molar-refractivity contribution in [1.29, 1.82) is 0 Å². The van der Waals surface area contributed by atoms with E-state index in [4.69, 9.17) is 5.84 Å². The average molecular weight is 273 g/mol. The lowest BCUT2D eigenvalue weighted by Crippen LogP contribution is -2.45. The molecule has 4 atom stereocenters. The fourth-order valence-corrected chi connectivity index (χ4v) is 4.38. The Morgan fingerprint density at radius 3 is 2.75 bits per heavy atom. The molecule has 2 fully saturated rings. The molecule has 1 aromatic rings. The Morgan fingerprint density at radius 2 is 2.00 bits per heavy atom. The van der Waals surface area contributed by atoms with E-state index in [-0.39, 0.29) is 0 Å². The lowest BCUT2D eigenvalue weighted by atomic mass is 9.66. The molecule has 3 heteroatoms. The van der Waals surface area contributed by atoms with Crippen molar-refractivity contribution in [2.24, 2.45) is 23.6 Å². The van der Waals surface area contributed by atoms with E-state index in [1.165, 1.54) is 44.9 Å². The van der Waals surface area contributed by atoms with E-state index in [0.717, 1.165) is 29.9 Å². The van der Waals surface area contributed by atoms with E-state index >= 15 is 0 Å². The second kappa shape index (κ2) is 6.68. The lowest BCUT2D eigenvalue weighted by molar-refractivity contribution is 0.109. The maximum absolute atomic E-state index is 5.84. The van der Waals surface area contributed by atoms with E-state index < -0.39 is 0 Å². The van der Waals surface area contributed by atoms with Gasteiger partial charge in [0.2, 0.25) is 0 Å². The number of rotatable bonds is 4. The molecule has 0 amide bonds. The summed E-state index contributed by atoms with van der Waals surface area (Å²) < 4.78 is 0. The summed E-state index contributed by atoms with van der Waals surface area (Å²) in [5.74, 6) is 8.53. The molecule has 0 saturated heterocycles. The van der Waals surface area contributed by atoms with Crippen LogP contribution >= 0.6 is 0 Å². The summed E-state index contributed by atoms with van der Waals surface area (Å²) in [6.45, 7) is 0. The number of hydrogen-bond acceptors (Lipinski definition) is 3. The summed E-state index contributed by atoms with van der Waals surface area (Å²) in [5, 5.41) is 0. The summed E-state index contributed by atoms with van der Waals surface area (Å²) in [4.78, 5) is 4.45. The number of nitrogens with two attached hydrogens (primary N) is 1. The van der Waals surface area contributed by atoms with Crippen LogP contribution in [0.1, 0.15) is 50.6 Å². The van der Waals surface area contributed by atoms with Crippen LogP contribution in [0.2, 0.25) is 0 Å². The van der Waals surface area contributed by atoms with Crippen LogP contribution in [-0.4, -0.2) is 11.0 Å². The fourth-order valence-electron chi connectivity index (χ4n) is 4.38. The fraction of sp³-hybridized carbons (Fsp3) is 0.706. The molecule has 1 heterocycles. The Labute approximate surface area is 122 Å². The Bertz CT molecular complexity index is 406. The highest BCUT2D eigenvalue weighted by atomic mass is 15.2. The SMILES string of the molecule is NNC(Cc1ccccn1)C1CCC2CCCCC2C1. The maximum atomic E-state index is 5.84. The number of nitrogens with one attached hydrogen (secondary N) is 1. The Hall–Kier alpha value is -0.930. The summed E-state index contributed by atoms with van der Waals surface area (Å²) in [6.07, 6.45) is 12.8. The van der Waals surface area contributed by atoms with Crippen molar-refractivity contribution in [1.82, 2.24) is 10.4 Å². The first-order valence-corrected chi connectivity index (χ1v) is 8.23. The molecule has 3 N–H and O–H groups in total. The van der Waals surface area contributed by atoms with Crippen LogP contribution in [0.25, 0.3) is 0 Å². The number of fused-ring (bicyclic) bond motifs is 1. The minimum Gasteiger partial charge on any atom is -0.271 e. The first kappa shape index (κ1) is 14.0. The van der Waals surface area contributed by atoms with Gasteiger partial charge in [0.1, 0.15) is 0 Å². The largest absolute Gasteiger partial charge is 0.271 e. The van der Waals surface area contributed by atoms with Crippen LogP contribution in [0, 0.1) is 17.8 Å². The average Bonchev–Trinajstić information content (AvgIpc) is 2.53. The number of pyridine rings is 1. The van der Waals surface area contributed by atoms with Crippen LogP contribution in [0.3, 0.4) is 0 Å². The second-order valence-electron chi connectivity index (χ2n) is 6.68. The number of aromatic nitrogens is 1. The van der Waals surface area contributed by atoms with E-state index in [9.17, 15) is 0 Å². The van der Waals surface area contributed by atoms with E-state index in [1.807, 2.05) is 12.3 Å². The number of nitrogens with zero attached hydrogens (tertiary/aromatic N) is 1. The monoisotopic (exact) mass is 273 g/mol. The first-order valence-electron chi connectivity index (χ1n) is 8.23. The molecule has 3 rings (SSSR count). The molecule has 0 aliphatic heterocycles. The van der Waals surface area contributed by atoms with Crippen molar-refractivity contribution in [3.8, 4) is 0 Å². The third-order valence-electron chi connectivity index (χ3n) is 5.52. The zero-order valence-electron chi connectivity index (χ0n) is 12.3. The minimum absolute atomic E-state index is 0.382. The molecule has 20 heavy (non-hydrogen) atoms. The molecule has 0 radical (unpaired) electrons. The molecule has 2 aliphatic carbocycles. The predicted octanol–water partition coefficient (Wildman–Crippen LogP) is 3.06. The molecule has 3 nitrogen and oxygen atoms in total. The summed E-state index contributed by atoms with van der Waals surface area (Å²) in [5.41, 5.74) is 4.23. The van der Waals surface area contributed by atoms with Crippen LogP contribution in [0.5, 0.6) is 0 Å². The van der Waals surface area contributed by atoms with Gasteiger partial charge in [-0.1, -0.05) is 31.7 Å². The maximum Gasteiger partial charge on any atom is 0.0419 e. The minimum atomic E-state index is 0.382. The molecule has 1 aromatic heterocycles. The molecule has 0 bridgehead atoms. The predicted molar refractivity (Wildman–Crippen MR) is 81.8 cm³/mol. The van der Waals surface area contributed by atoms with Crippen LogP contribution in [0.15, 0.2) is 24.4 Å². The van der Waals surface area contributed by atoms with Gasteiger partial charge < -0.3 is 0 Å². The van der Waals surface area contributed by atoms with Crippen LogP contribution in [0.4, 0.5) is 0 Å². The summed E-state index contributed by atoms with van der Waals surface area (Å²) >= 11 is 0. The van der Waals surface area contributed by atoms with Crippen LogP contribution < -0.4 is 11.3 Å². The van der Waals surface area contributed by atoms with Gasteiger partial charge in [0.05, 0.1) is 0 Å². The third kappa shape index (κ3) is 3.21. The van der Waals surface area contributed by atoms with Gasteiger partial charge in [0.25, 0.3) is 0 Å². The highest BCUT2D eigenvalue weighted by Gasteiger charge is 2.35. The Kier molecular flexibility index (Phi) is 4.69. The lowest BCUT2D eigenvalue weighted by Gasteiger charge is -2.41. The van der Waals surface area contributed by atoms with Gasteiger partial charge in [-0.15, -0.1) is 0 Å². The zero-order valence-corrected chi connectivity index (χ0v) is 12.3. The smallest absolute Gasteiger partial charge is 0.0419 e. The van der Waals surface area contributed by atoms with E-state index in [2.05, 4.69) is 22.5 Å². The van der Waals surface area contributed by atoms with Gasteiger partial charge in [-0.05, 0) is 49.1 Å². The molecule has 0 aromatic carbocycles. The molecule has 110 valence electrons. The van der Waals surface area contributed by atoms with Gasteiger partial charge in [-0.3, -0.25) is 16.3 Å². The molecule has 2 aliphatic rings. The number of hydrazine groups is 1. The summed E-state index contributed by atoms with van der Waals surface area (Å²) in [7, 11) is 0.